The third-order valence-electron chi connectivity index (χ3n) is 5.40. The predicted molar refractivity (Wildman–Crippen MR) is 126 cm³/mol. The molecule has 0 bridgehead atoms. The highest BCUT2D eigenvalue weighted by Crippen LogP contribution is 2.26. The predicted octanol–water partition coefficient (Wildman–Crippen LogP) is 3.72. The lowest BCUT2D eigenvalue weighted by Crippen LogP contribution is -2.48. The molecule has 0 atom stereocenters. The van der Waals surface area contributed by atoms with Crippen LogP contribution in [-0.2, 0) is 16.6 Å². The maximum Gasteiger partial charge on any atom is 0.243 e. The smallest absolute Gasteiger partial charge is 0.243 e. The molecule has 0 N–H and O–H groups in total. The van der Waals surface area contributed by atoms with Gasteiger partial charge in [-0.25, -0.2) is 13.4 Å². The van der Waals surface area contributed by atoms with E-state index in [9.17, 15) is 8.42 Å². The molecule has 170 valence electrons. The Kier molecular flexibility index (Phi) is 7.10. The molecule has 2 aromatic carbocycles. The lowest BCUT2D eigenvalue weighted by atomic mass is 10.2. The van der Waals surface area contributed by atoms with Crippen LogP contribution >= 0.6 is 11.3 Å². The SMILES string of the molecule is CCOc1ccc(S(=O)(=O)N2CCN(Cc3nc(-c4ccc(OC)cc4)cs3)CC2)cc1. The minimum Gasteiger partial charge on any atom is -0.497 e. The summed E-state index contributed by atoms with van der Waals surface area (Å²) < 4.78 is 38.1. The number of ether oxygens (including phenoxy) is 2. The Morgan fingerprint density at radius 1 is 0.969 bits per heavy atom. The molecule has 1 saturated heterocycles. The summed E-state index contributed by atoms with van der Waals surface area (Å²) in [7, 11) is -1.85. The monoisotopic (exact) mass is 473 g/mol. The van der Waals surface area contributed by atoms with E-state index in [1.165, 1.54) is 0 Å². The fourth-order valence-electron chi connectivity index (χ4n) is 3.62. The van der Waals surface area contributed by atoms with Crippen molar-refractivity contribution in [2.45, 2.75) is 18.4 Å². The van der Waals surface area contributed by atoms with Crippen molar-refractivity contribution < 1.29 is 17.9 Å². The lowest BCUT2D eigenvalue weighted by Gasteiger charge is -2.33. The number of sulfonamides is 1. The van der Waals surface area contributed by atoms with Crippen molar-refractivity contribution >= 4 is 21.4 Å². The highest BCUT2D eigenvalue weighted by molar-refractivity contribution is 7.89. The Morgan fingerprint density at radius 2 is 1.62 bits per heavy atom. The maximum absolute atomic E-state index is 13.0. The van der Waals surface area contributed by atoms with E-state index >= 15 is 0 Å². The number of nitrogens with zero attached hydrogens (tertiary/aromatic N) is 3. The van der Waals surface area contributed by atoms with Crippen LogP contribution in [0.3, 0.4) is 0 Å². The number of thiazole rings is 1. The summed E-state index contributed by atoms with van der Waals surface area (Å²) in [4.78, 5) is 7.32. The van der Waals surface area contributed by atoms with Crippen molar-refractivity contribution in [2.75, 3.05) is 39.9 Å². The first kappa shape index (κ1) is 22.7. The molecule has 32 heavy (non-hydrogen) atoms. The van der Waals surface area contributed by atoms with Crippen LogP contribution in [0.5, 0.6) is 11.5 Å². The zero-order valence-electron chi connectivity index (χ0n) is 18.2. The standard InChI is InChI=1S/C23H27N3O4S2/c1-3-30-20-8-10-21(11-9-20)32(27,28)26-14-12-25(13-15-26)16-23-24-22(17-31-23)18-4-6-19(29-2)7-5-18/h4-11,17H,3,12-16H2,1-2H3. The van der Waals surface area contributed by atoms with Gasteiger partial charge < -0.3 is 9.47 Å². The Morgan fingerprint density at radius 3 is 2.25 bits per heavy atom. The highest BCUT2D eigenvalue weighted by Gasteiger charge is 2.28. The van der Waals surface area contributed by atoms with Crippen LogP contribution in [0.1, 0.15) is 11.9 Å². The molecule has 1 aliphatic rings. The van der Waals surface area contributed by atoms with Crippen LogP contribution in [0.2, 0.25) is 0 Å². The first-order valence-electron chi connectivity index (χ1n) is 10.5. The van der Waals surface area contributed by atoms with Crippen molar-refractivity contribution in [1.29, 1.82) is 0 Å². The van der Waals surface area contributed by atoms with Crippen molar-refractivity contribution in [3.8, 4) is 22.8 Å². The number of hydrogen-bond acceptors (Lipinski definition) is 7. The molecule has 9 heteroatoms. The van der Waals surface area contributed by atoms with Gasteiger partial charge in [0, 0.05) is 37.1 Å². The number of hydrogen-bond donors (Lipinski definition) is 0. The van der Waals surface area contributed by atoms with Gasteiger partial charge in [0.15, 0.2) is 0 Å². The number of benzene rings is 2. The second-order valence-corrected chi connectivity index (χ2v) is 10.3. The van der Waals surface area contributed by atoms with E-state index < -0.39 is 10.0 Å². The van der Waals surface area contributed by atoms with E-state index in [0.717, 1.165) is 28.6 Å². The summed E-state index contributed by atoms with van der Waals surface area (Å²) in [5.74, 6) is 1.50. The molecule has 0 saturated carbocycles. The first-order valence-corrected chi connectivity index (χ1v) is 12.9. The van der Waals surface area contributed by atoms with Crippen LogP contribution < -0.4 is 9.47 Å². The van der Waals surface area contributed by atoms with Gasteiger partial charge in [0.05, 0.1) is 30.9 Å². The van der Waals surface area contributed by atoms with E-state index in [4.69, 9.17) is 14.5 Å². The maximum atomic E-state index is 13.0. The van der Waals surface area contributed by atoms with Crippen molar-refractivity contribution in [3.63, 3.8) is 0 Å². The second kappa shape index (κ2) is 9.99. The van der Waals surface area contributed by atoms with Gasteiger partial charge >= 0.3 is 0 Å². The van der Waals surface area contributed by atoms with E-state index in [0.29, 0.717) is 43.4 Å². The third-order valence-corrected chi connectivity index (χ3v) is 8.15. The average molecular weight is 474 g/mol. The van der Waals surface area contributed by atoms with Gasteiger partial charge in [-0.3, -0.25) is 4.90 Å². The van der Waals surface area contributed by atoms with Crippen LogP contribution in [0, 0.1) is 0 Å². The molecule has 7 nitrogen and oxygen atoms in total. The number of piperazine rings is 1. The van der Waals surface area contributed by atoms with Crippen LogP contribution in [0.15, 0.2) is 58.8 Å². The molecule has 2 heterocycles. The highest BCUT2D eigenvalue weighted by atomic mass is 32.2. The average Bonchev–Trinajstić information content (AvgIpc) is 3.28. The molecule has 0 amide bonds. The minimum atomic E-state index is -3.50. The Hall–Kier alpha value is -2.46. The van der Waals surface area contributed by atoms with Gasteiger partial charge in [0.1, 0.15) is 16.5 Å². The molecule has 4 rings (SSSR count). The molecule has 0 aliphatic carbocycles. The second-order valence-electron chi connectivity index (χ2n) is 7.44. The number of aromatic nitrogens is 1. The molecule has 3 aromatic rings. The Labute approximate surface area is 193 Å². The van der Waals surface area contributed by atoms with E-state index in [1.807, 2.05) is 31.2 Å². The molecular formula is C23H27N3O4S2. The third kappa shape index (κ3) is 5.12. The summed E-state index contributed by atoms with van der Waals surface area (Å²) in [5.41, 5.74) is 2.00. The van der Waals surface area contributed by atoms with Gasteiger partial charge in [-0.1, -0.05) is 0 Å². The van der Waals surface area contributed by atoms with E-state index in [1.54, 1.807) is 47.0 Å². The Balaban J connectivity index is 1.34. The van der Waals surface area contributed by atoms with Crippen molar-refractivity contribution in [1.82, 2.24) is 14.2 Å². The van der Waals surface area contributed by atoms with Gasteiger partial charge in [0.25, 0.3) is 0 Å². The summed E-state index contributed by atoms with van der Waals surface area (Å²) in [6.07, 6.45) is 0. The van der Waals surface area contributed by atoms with Gasteiger partial charge in [-0.05, 0) is 55.5 Å². The van der Waals surface area contributed by atoms with Crippen LogP contribution in [0.25, 0.3) is 11.3 Å². The number of rotatable bonds is 8. The summed E-state index contributed by atoms with van der Waals surface area (Å²) in [6.45, 7) is 5.45. The Bertz CT molecular complexity index is 1120. The minimum absolute atomic E-state index is 0.304. The summed E-state index contributed by atoms with van der Waals surface area (Å²) in [6, 6.07) is 14.5. The normalized spacial score (nSPS) is 15.6. The van der Waals surface area contributed by atoms with Gasteiger partial charge in [0.2, 0.25) is 10.0 Å². The first-order chi connectivity index (χ1) is 15.5. The molecule has 1 fully saturated rings. The largest absolute Gasteiger partial charge is 0.497 e. The number of methoxy groups -OCH3 is 1. The molecule has 0 radical (unpaired) electrons. The fourth-order valence-corrected chi connectivity index (χ4v) is 5.89. The fraction of sp³-hybridized carbons (Fsp3) is 0.348. The van der Waals surface area contributed by atoms with Gasteiger partial charge in [-0.2, -0.15) is 4.31 Å². The summed E-state index contributed by atoms with van der Waals surface area (Å²) >= 11 is 1.63. The molecule has 0 spiro atoms. The van der Waals surface area contributed by atoms with Gasteiger partial charge in [-0.15, -0.1) is 11.3 Å². The topological polar surface area (TPSA) is 72.0 Å². The zero-order valence-corrected chi connectivity index (χ0v) is 19.9. The van der Waals surface area contributed by atoms with Crippen molar-refractivity contribution in [3.05, 3.63) is 58.9 Å². The molecular weight excluding hydrogens is 446 g/mol. The zero-order chi connectivity index (χ0) is 22.6. The summed E-state index contributed by atoms with van der Waals surface area (Å²) in [5, 5.41) is 3.09. The van der Waals surface area contributed by atoms with Crippen LogP contribution in [-0.4, -0.2) is 62.5 Å². The van der Waals surface area contributed by atoms with E-state index in [-0.39, 0.29) is 0 Å². The van der Waals surface area contributed by atoms with E-state index in [2.05, 4.69) is 10.3 Å². The molecule has 0 unspecified atom stereocenters. The molecule has 1 aliphatic heterocycles. The van der Waals surface area contributed by atoms with Crippen LogP contribution in [0.4, 0.5) is 0 Å². The van der Waals surface area contributed by atoms with Crippen molar-refractivity contribution in [2.24, 2.45) is 0 Å². The molecule has 1 aromatic heterocycles. The quantitative estimate of drug-likeness (QED) is 0.497. The lowest BCUT2D eigenvalue weighted by molar-refractivity contribution is 0.181.